The van der Waals surface area contributed by atoms with Crippen LogP contribution in [-0.2, 0) is 6.42 Å². The Bertz CT molecular complexity index is 402. The molecule has 1 aliphatic carbocycles. The van der Waals surface area contributed by atoms with Gasteiger partial charge in [0.2, 0.25) is 0 Å². The molecule has 3 heteroatoms. The standard InChI is InChI=1S/C17H31N3/c1-5-18-16(17(4)10-7-6-8-11-17)13-15-9-12-20(19-15)14(2)3/h9,12,14,16,18H,5-8,10-11,13H2,1-4H3. The zero-order valence-corrected chi connectivity index (χ0v) is 13.7. The van der Waals surface area contributed by atoms with Crippen molar-refractivity contribution in [3.8, 4) is 0 Å². The van der Waals surface area contributed by atoms with Crippen molar-refractivity contribution in [1.29, 1.82) is 0 Å². The molecule has 114 valence electrons. The molecule has 0 spiro atoms. The lowest BCUT2D eigenvalue weighted by molar-refractivity contribution is 0.144. The van der Waals surface area contributed by atoms with Gasteiger partial charge < -0.3 is 5.32 Å². The van der Waals surface area contributed by atoms with Crippen LogP contribution in [0.5, 0.6) is 0 Å². The number of hydrogen-bond acceptors (Lipinski definition) is 2. The Hall–Kier alpha value is -0.830. The predicted octanol–water partition coefficient (Wildman–Crippen LogP) is 3.96. The van der Waals surface area contributed by atoms with Crippen molar-refractivity contribution in [2.45, 2.75) is 78.3 Å². The van der Waals surface area contributed by atoms with E-state index in [1.165, 1.54) is 37.8 Å². The molecule has 0 aliphatic heterocycles. The largest absolute Gasteiger partial charge is 0.313 e. The molecule has 1 aliphatic rings. The van der Waals surface area contributed by atoms with E-state index in [0.717, 1.165) is 13.0 Å². The van der Waals surface area contributed by atoms with E-state index in [9.17, 15) is 0 Å². The zero-order chi connectivity index (χ0) is 14.6. The van der Waals surface area contributed by atoms with Gasteiger partial charge in [-0.2, -0.15) is 5.10 Å². The van der Waals surface area contributed by atoms with Gasteiger partial charge in [0.05, 0.1) is 5.69 Å². The fourth-order valence-electron chi connectivity index (χ4n) is 3.50. The lowest BCUT2D eigenvalue weighted by Crippen LogP contribution is -2.46. The normalized spacial score (nSPS) is 20.2. The third kappa shape index (κ3) is 3.63. The fourth-order valence-corrected chi connectivity index (χ4v) is 3.50. The van der Waals surface area contributed by atoms with Crippen LogP contribution >= 0.6 is 0 Å². The first-order valence-electron chi connectivity index (χ1n) is 8.32. The van der Waals surface area contributed by atoms with Crippen LogP contribution < -0.4 is 5.32 Å². The average molecular weight is 277 g/mol. The van der Waals surface area contributed by atoms with Crippen LogP contribution in [0, 0.1) is 5.41 Å². The lowest BCUT2D eigenvalue weighted by atomic mass is 9.69. The minimum atomic E-state index is 0.440. The summed E-state index contributed by atoms with van der Waals surface area (Å²) in [7, 11) is 0. The van der Waals surface area contributed by atoms with E-state index in [0.29, 0.717) is 17.5 Å². The Morgan fingerprint density at radius 3 is 2.55 bits per heavy atom. The number of likely N-dealkylation sites (N-methyl/N-ethyl adjacent to an activating group) is 1. The first kappa shape index (κ1) is 15.6. The second-order valence-electron chi connectivity index (χ2n) is 6.91. The monoisotopic (exact) mass is 277 g/mol. The Balaban J connectivity index is 2.07. The van der Waals surface area contributed by atoms with E-state index >= 15 is 0 Å². The van der Waals surface area contributed by atoms with Crippen molar-refractivity contribution in [3.05, 3.63) is 18.0 Å². The van der Waals surface area contributed by atoms with E-state index in [4.69, 9.17) is 5.10 Å². The summed E-state index contributed by atoms with van der Waals surface area (Å²) < 4.78 is 2.07. The van der Waals surface area contributed by atoms with Gasteiger partial charge in [-0.15, -0.1) is 0 Å². The minimum absolute atomic E-state index is 0.440. The van der Waals surface area contributed by atoms with Crippen molar-refractivity contribution >= 4 is 0 Å². The van der Waals surface area contributed by atoms with Gasteiger partial charge in [0.1, 0.15) is 0 Å². The molecule has 3 nitrogen and oxygen atoms in total. The number of nitrogens with zero attached hydrogens (tertiary/aromatic N) is 2. The van der Waals surface area contributed by atoms with Crippen molar-refractivity contribution in [1.82, 2.24) is 15.1 Å². The van der Waals surface area contributed by atoms with E-state index in [1.54, 1.807) is 0 Å². The molecule has 0 bridgehead atoms. The van der Waals surface area contributed by atoms with Gasteiger partial charge in [-0.3, -0.25) is 4.68 Å². The topological polar surface area (TPSA) is 29.9 Å². The maximum atomic E-state index is 4.73. The van der Waals surface area contributed by atoms with Crippen molar-refractivity contribution in [2.75, 3.05) is 6.54 Å². The molecule has 1 aromatic rings. The zero-order valence-electron chi connectivity index (χ0n) is 13.7. The molecule has 1 aromatic heterocycles. The number of hydrogen-bond donors (Lipinski definition) is 1. The second kappa shape index (κ2) is 6.75. The first-order chi connectivity index (χ1) is 9.55. The van der Waals surface area contributed by atoms with Crippen LogP contribution in [0.25, 0.3) is 0 Å². The molecule has 1 atom stereocenters. The highest BCUT2D eigenvalue weighted by molar-refractivity contribution is 5.05. The maximum absolute atomic E-state index is 4.73. The molecular formula is C17H31N3. The van der Waals surface area contributed by atoms with Crippen LogP contribution in [-0.4, -0.2) is 22.4 Å². The van der Waals surface area contributed by atoms with E-state index < -0.39 is 0 Å². The molecule has 1 saturated carbocycles. The molecule has 20 heavy (non-hydrogen) atoms. The van der Waals surface area contributed by atoms with Gasteiger partial charge in [-0.05, 0) is 44.7 Å². The van der Waals surface area contributed by atoms with E-state index in [2.05, 4.69) is 50.0 Å². The molecule has 1 heterocycles. The van der Waals surface area contributed by atoms with Crippen LogP contribution in [0.4, 0.5) is 0 Å². The van der Waals surface area contributed by atoms with E-state index in [1.807, 2.05) is 0 Å². The highest BCUT2D eigenvalue weighted by Crippen LogP contribution is 2.39. The fraction of sp³-hybridized carbons (Fsp3) is 0.824. The second-order valence-corrected chi connectivity index (χ2v) is 6.91. The molecule has 1 N–H and O–H groups in total. The van der Waals surface area contributed by atoms with Gasteiger partial charge in [-0.25, -0.2) is 0 Å². The number of rotatable bonds is 6. The highest BCUT2D eigenvalue weighted by Gasteiger charge is 2.35. The quantitative estimate of drug-likeness (QED) is 0.853. The molecule has 0 aromatic carbocycles. The Morgan fingerprint density at radius 2 is 2.00 bits per heavy atom. The lowest BCUT2D eigenvalue weighted by Gasteiger charge is -2.41. The highest BCUT2D eigenvalue weighted by atomic mass is 15.3. The summed E-state index contributed by atoms with van der Waals surface area (Å²) in [5.41, 5.74) is 1.67. The van der Waals surface area contributed by atoms with Gasteiger partial charge in [0.15, 0.2) is 0 Å². The summed E-state index contributed by atoms with van der Waals surface area (Å²) in [6.07, 6.45) is 10.1. The van der Waals surface area contributed by atoms with Crippen LogP contribution in [0.3, 0.4) is 0 Å². The third-order valence-corrected chi connectivity index (χ3v) is 4.89. The van der Waals surface area contributed by atoms with Crippen LogP contribution in [0.2, 0.25) is 0 Å². The Morgan fingerprint density at radius 1 is 1.30 bits per heavy atom. The first-order valence-corrected chi connectivity index (χ1v) is 8.32. The minimum Gasteiger partial charge on any atom is -0.313 e. The van der Waals surface area contributed by atoms with Gasteiger partial charge in [-0.1, -0.05) is 33.1 Å². The van der Waals surface area contributed by atoms with Gasteiger partial charge >= 0.3 is 0 Å². The van der Waals surface area contributed by atoms with Crippen LogP contribution in [0.15, 0.2) is 12.3 Å². The molecule has 0 amide bonds. The van der Waals surface area contributed by atoms with E-state index in [-0.39, 0.29) is 0 Å². The average Bonchev–Trinajstić information content (AvgIpc) is 2.88. The molecule has 1 fully saturated rings. The molecule has 0 saturated heterocycles. The molecule has 1 unspecified atom stereocenters. The molecular weight excluding hydrogens is 246 g/mol. The smallest absolute Gasteiger partial charge is 0.0640 e. The molecule has 0 radical (unpaired) electrons. The SMILES string of the molecule is CCNC(Cc1ccn(C(C)C)n1)C1(C)CCCCC1. The third-order valence-electron chi connectivity index (χ3n) is 4.89. The number of aromatic nitrogens is 2. The van der Waals surface area contributed by atoms with Crippen molar-refractivity contribution < 1.29 is 0 Å². The predicted molar refractivity (Wildman–Crippen MR) is 85.0 cm³/mol. The van der Waals surface area contributed by atoms with Gasteiger partial charge in [0, 0.05) is 24.7 Å². The van der Waals surface area contributed by atoms with Crippen molar-refractivity contribution in [3.63, 3.8) is 0 Å². The van der Waals surface area contributed by atoms with Crippen molar-refractivity contribution in [2.24, 2.45) is 5.41 Å². The number of nitrogens with one attached hydrogen (secondary N) is 1. The Labute approximate surface area is 124 Å². The van der Waals surface area contributed by atoms with Gasteiger partial charge in [0.25, 0.3) is 0 Å². The maximum Gasteiger partial charge on any atom is 0.0640 e. The Kier molecular flexibility index (Phi) is 5.25. The summed E-state index contributed by atoms with van der Waals surface area (Å²) in [4.78, 5) is 0. The summed E-state index contributed by atoms with van der Waals surface area (Å²) in [6, 6.07) is 3.20. The summed E-state index contributed by atoms with van der Waals surface area (Å²) in [5, 5.41) is 8.46. The summed E-state index contributed by atoms with van der Waals surface area (Å²) in [5.74, 6) is 0. The molecule has 2 rings (SSSR count). The summed E-state index contributed by atoms with van der Waals surface area (Å²) >= 11 is 0. The van der Waals surface area contributed by atoms with Crippen LogP contribution in [0.1, 0.15) is 71.5 Å². The summed E-state index contributed by atoms with van der Waals surface area (Å²) in [6.45, 7) is 10.1.